The summed E-state index contributed by atoms with van der Waals surface area (Å²) in [5, 5.41) is 19.8. The second kappa shape index (κ2) is 6.93. The Bertz CT molecular complexity index is 359. The number of ether oxygens (including phenoxy) is 1. The first-order chi connectivity index (χ1) is 8.99. The van der Waals surface area contributed by atoms with Crippen molar-refractivity contribution in [3.63, 3.8) is 0 Å². The lowest BCUT2D eigenvalue weighted by atomic mass is 9.98. The van der Waals surface area contributed by atoms with Gasteiger partial charge in [0.15, 0.2) is 6.04 Å². The number of hydrogen-bond donors (Lipinski definition) is 3. The highest BCUT2D eigenvalue weighted by molar-refractivity contribution is 5.83. The van der Waals surface area contributed by atoms with Crippen LogP contribution in [0.5, 0.6) is 0 Å². The number of hydrogen-bond acceptors (Lipinski definition) is 5. The molecule has 1 aliphatic heterocycles. The van der Waals surface area contributed by atoms with Crippen LogP contribution in [0.25, 0.3) is 0 Å². The lowest BCUT2D eigenvalue weighted by molar-refractivity contribution is -0.147. The summed E-state index contributed by atoms with van der Waals surface area (Å²) in [7, 11) is 1.29. The van der Waals surface area contributed by atoms with Gasteiger partial charge in [-0.15, -0.1) is 0 Å². The molecule has 0 aromatic heterocycles. The maximum absolute atomic E-state index is 11.8. The molecule has 2 unspecified atom stereocenters. The lowest BCUT2D eigenvalue weighted by Gasteiger charge is -2.32. The second-order valence-electron chi connectivity index (χ2n) is 4.33. The zero-order valence-corrected chi connectivity index (χ0v) is 10.7. The third-order valence-corrected chi connectivity index (χ3v) is 3.02. The van der Waals surface area contributed by atoms with Gasteiger partial charge in [0.25, 0.3) is 0 Å². The number of amides is 2. The van der Waals surface area contributed by atoms with Gasteiger partial charge >= 0.3 is 18.0 Å². The summed E-state index contributed by atoms with van der Waals surface area (Å²) in [6.07, 6.45) is 1.28. The zero-order valence-electron chi connectivity index (χ0n) is 10.7. The average Bonchev–Trinajstić information content (AvgIpc) is 2.43. The van der Waals surface area contributed by atoms with Crippen molar-refractivity contribution >= 4 is 18.0 Å². The summed E-state index contributed by atoms with van der Waals surface area (Å²) in [6.45, 7) is -0.0529. The highest BCUT2D eigenvalue weighted by Gasteiger charge is 2.30. The molecular weight excluding hydrogens is 256 g/mol. The van der Waals surface area contributed by atoms with E-state index in [4.69, 9.17) is 10.2 Å². The molecular formula is C11H18N2O6. The van der Waals surface area contributed by atoms with Gasteiger partial charge < -0.3 is 25.2 Å². The predicted octanol–water partition coefficient (Wildman–Crippen LogP) is -0.973. The van der Waals surface area contributed by atoms with Gasteiger partial charge in [-0.05, 0) is 12.8 Å². The van der Waals surface area contributed by atoms with Crippen molar-refractivity contribution in [2.45, 2.75) is 18.9 Å². The van der Waals surface area contributed by atoms with E-state index in [1.807, 2.05) is 0 Å². The number of urea groups is 1. The molecule has 1 aliphatic rings. The number of esters is 1. The summed E-state index contributed by atoms with van der Waals surface area (Å²) >= 11 is 0. The fourth-order valence-electron chi connectivity index (χ4n) is 1.95. The van der Waals surface area contributed by atoms with Gasteiger partial charge in [0, 0.05) is 13.1 Å². The van der Waals surface area contributed by atoms with Gasteiger partial charge in [-0.25, -0.2) is 9.59 Å². The predicted molar refractivity (Wildman–Crippen MR) is 63.4 cm³/mol. The second-order valence-corrected chi connectivity index (χ2v) is 4.33. The Labute approximate surface area is 110 Å². The molecule has 0 bridgehead atoms. The van der Waals surface area contributed by atoms with Gasteiger partial charge in [-0.3, -0.25) is 4.79 Å². The molecule has 2 amide bonds. The molecule has 0 aliphatic carbocycles. The van der Waals surface area contributed by atoms with Crippen molar-refractivity contribution in [1.82, 2.24) is 10.2 Å². The Hall–Kier alpha value is -1.83. The molecule has 1 rings (SSSR count). The highest BCUT2D eigenvalue weighted by atomic mass is 16.5. The third kappa shape index (κ3) is 4.09. The van der Waals surface area contributed by atoms with Crippen LogP contribution < -0.4 is 5.32 Å². The van der Waals surface area contributed by atoms with Crippen LogP contribution in [0.4, 0.5) is 4.79 Å². The van der Waals surface area contributed by atoms with Gasteiger partial charge in [-0.1, -0.05) is 0 Å². The van der Waals surface area contributed by atoms with Crippen molar-refractivity contribution in [1.29, 1.82) is 0 Å². The smallest absolute Gasteiger partial charge is 0.328 e. The number of carboxylic acids is 1. The molecule has 0 aromatic carbocycles. The number of likely N-dealkylation sites (tertiary alicyclic amines) is 1. The molecule has 1 heterocycles. The molecule has 0 spiro atoms. The van der Waals surface area contributed by atoms with Crippen LogP contribution in [0.2, 0.25) is 0 Å². The molecule has 0 aromatic rings. The molecule has 0 saturated carbocycles. The molecule has 1 fully saturated rings. The van der Waals surface area contributed by atoms with E-state index in [9.17, 15) is 14.4 Å². The molecule has 108 valence electrons. The number of rotatable bonds is 4. The van der Waals surface area contributed by atoms with Crippen molar-refractivity contribution in [2.24, 2.45) is 5.92 Å². The molecule has 8 nitrogen and oxygen atoms in total. The van der Waals surface area contributed by atoms with Gasteiger partial charge in [-0.2, -0.15) is 0 Å². The summed E-state index contributed by atoms with van der Waals surface area (Å²) < 4.78 is 4.63. The first-order valence-electron chi connectivity index (χ1n) is 5.96. The number of carboxylic acid groups (broad SMARTS) is 1. The van der Waals surface area contributed by atoms with E-state index in [1.165, 1.54) is 12.0 Å². The quantitative estimate of drug-likeness (QED) is 0.568. The number of aliphatic hydroxyl groups excluding tert-OH is 1. The van der Waals surface area contributed by atoms with E-state index in [2.05, 4.69) is 10.1 Å². The van der Waals surface area contributed by atoms with E-state index in [0.29, 0.717) is 19.4 Å². The van der Waals surface area contributed by atoms with Gasteiger partial charge in [0.05, 0.1) is 19.6 Å². The Morgan fingerprint density at radius 1 is 1.47 bits per heavy atom. The summed E-state index contributed by atoms with van der Waals surface area (Å²) in [5.74, 6) is -2.08. The number of aliphatic carboxylic acids is 1. The summed E-state index contributed by atoms with van der Waals surface area (Å²) in [6, 6.07) is -1.94. The zero-order chi connectivity index (χ0) is 14.4. The minimum Gasteiger partial charge on any atom is -0.480 e. The van der Waals surface area contributed by atoms with E-state index in [1.54, 1.807) is 0 Å². The monoisotopic (exact) mass is 274 g/mol. The number of nitrogens with zero attached hydrogens (tertiary/aromatic N) is 1. The third-order valence-electron chi connectivity index (χ3n) is 3.02. The van der Waals surface area contributed by atoms with Crippen LogP contribution >= 0.6 is 0 Å². The molecule has 0 radical (unpaired) electrons. The Kier molecular flexibility index (Phi) is 5.56. The maximum Gasteiger partial charge on any atom is 0.328 e. The number of aliphatic hydroxyl groups is 1. The van der Waals surface area contributed by atoms with Crippen LogP contribution in [0.3, 0.4) is 0 Å². The number of carbonyl (C=O) groups is 3. The number of piperidine rings is 1. The van der Waals surface area contributed by atoms with Crippen LogP contribution in [0.15, 0.2) is 0 Å². The molecule has 8 heteroatoms. The van der Waals surface area contributed by atoms with Crippen LogP contribution in [0.1, 0.15) is 12.8 Å². The van der Waals surface area contributed by atoms with Crippen molar-refractivity contribution in [2.75, 3.05) is 26.8 Å². The van der Waals surface area contributed by atoms with Gasteiger partial charge in [0.1, 0.15) is 0 Å². The normalized spacial score (nSPS) is 20.5. The molecule has 3 N–H and O–H groups in total. The van der Waals surface area contributed by atoms with Crippen molar-refractivity contribution < 1.29 is 29.3 Å². The number of carbonyl (C=O) groups excluding carboxylic acids is 2. The Morgan fingerprint density at radius 3 is 2.68 bits per heavy atom. The Balaban J connectivity index is 2.57. The van der Waals surface area contributed by atoms with E-state index in [0.717, 1.165) is 0 Å². The molecule has 19 heavy (non-hydrogen) atoms. The largest absolute Gasteiger partial charge is 0.480 e. The minimum atomic E-state index is -1.34. The standard InChI is InChI=1S/C11H18N2O6/c1-19-10(17)7-3-2-4-13(5-7)11(18)12-8(6-14)9(15)16/h7-8,14H,2-6H2,1H3,(H,12,18)(H,15,16). The lowest BCUT2D eigenvalue weighted by Crippen LogP contribution is -2.52. The fraction of sp³-hybridized carbons (Fsp3) is 0.727. The molecule has 1 saturated heterocycles. The fourth-order valence-corrected chi connectivity index (χ4v) is 1.95. The average molecular weight is 274 g/mol. The SMILES string of the molecule is COC(=O)C1CCCN(C(=O)NC(CO)C(=O)O)C1. The number of nitrogens with one attached hydrogen (secondary N) is 1. The summed E-state index contributed by atoms with van der Waals surface area (Å²) in [5.41, 5.74) is 0. The minimum absolute atomic E-state index is 0.191. The van der Waals surface area contributed by atoms with E-state index < -0.39 is 24.6 Å². The van der Waals surface area contributed by atoms with E-state index >= 15 is 0 Å². The summed E-state index contributed by atoms with van der Waals surface area (Å²) in [4.78, 5) is 35.3. The van der Waals surface area contributed by atoms with E-state index in [-0.39, 0.29) is 18.4 Å². The first kappa shape index (κ1) is 15.2. The van der Waals surface area contributed by atoms with Crippen LogP contribution in [-0.2, 0) is 14.3 Å². The van der Waals surface area contributed by atoms with Crippen molar-refractivity contribution in [3.05, 3.63) is 0 Å². The maximum atomic E-state index is 11.8. The topological polar surface area (TPSA) is 116 Å². The van der Waals surface area contributed by atoms with Crippen LogP contribution in [0, 0.1) is 5.92 Å². The first-order valence-corrected chi connectivity index (χ1v) is 5.96. The number of methoxy groups -OCH3 is 1. The van der Waals surface area contributed by atoms with Crippen LogP contribution in [-0.4, -0.2) is 65.9 Å². The molecule has 2 atom stereocenters. The van der Waals surface area contributed by atoms with Gasteiger partial charge in [0.2, 0.25) is 0 Å². The van der Waals surface area contributed by atoms with Crippen molar-refractivity contribution in [3.8, 4) is 0 Å². The Morgan fingerprint density at radius 2 is 2.16 bits per heavy atom. The highest BCUT2D eigenvalue weighted by Crippen LogP contribution is 2.17.